The average molecular weight is 256 g/mol. The van der Waals surface area contributed by atoms with Crippen molar-refractivity contribution in [1.82, 2.24) is 8.85 Å². The summed E-state index contributed by atoms with van der Waals surface area (Å²) in [5.41, 5.74) is -5.66. The van der Waals surface area contributed by atoms with Gasteiger partial charge in [-0.2, -0.15) is 21.6 Å². The fraction of sp³-hybridized carbons (Fsp3) is 1.00. The zero-order valence-electron chi connectivity index (χ0n) is 6.79. The molecule has 0 aliphatic carbocycles. The first-order valence-electron chi connectivity index (χ1n) is 3.11. The molecule has 0 spiro atoms. The van der Waals surface area contributed by atoms with E-state index in [-0.39, 0.29) is 6.54 Å². The van der Waals surface area contributed by atoms with Gasteiger partial charge in [-0.1, -0.05) is 11.1 Å². The Bertz CT molecular complexity index is 383. The summed E-state index contributed by atoms with van der Waals surface area (Å²) in [6.45, 7) is 1.04. The minimum atomic E-state index is -5.88. The number of nitrogens with one attached hydrogen (secondary N) is 2. The lowest BCUT2D eigenvalue weighted by atomic mass is 10.8. The lowest BCUT2D eigenvalue weighted by Crippen LogP contribution is -2.45. The van der Waals surface area contributed by atoms with Gasteiger partial charge < -0.3 is 0 Å². The Hall–Kier alpha value is -0.390. The molecule has 0 radical (unpaired) electrons. The van der Waals surface area contributed by atoms with Crippen molar-refractivity contribution in [2.24, 2.45) is 0 Å². The van der Waals surface area contributed by atoms with Crippen molar-refractivity contribution < 1.29 is 30.0 Å². The van der Waals surface area contributed by atoms with Gasteiger partial charge in [-0.25, -0.2) is 13.1 Å². The number of hydrogen-bond acceptors (Lipinski definition) is 4. The third-order valence-electron chi connectivity index (χ3n) is 0.858. The number of sulfonamides is 1. The molecule has 0 aromatic heterocycles. The lowest BCUT2D eigenvalue weighted by molar-refractivity contribution is -0.0441. The summed E-state index contributed by atoms with van der Waals surface area (Å²) >= 11 is 0. The van der Waals surface area contributed by atoms with Crippen LogP contribution in [0.5, 0.6) is 0 Å². The summed E-state index contributed by atoms with van der Waals surface area (Å²) in [6, 6.07) is 0. The van der Waals surface area contributed by atoms with Gasteiger partial charge in [-0.05, 0) is 0 Å². The van der Waals surface area contributed by atoms with Crippen molar-refractivity contribution in [3.63, 3.8) is 0 Å². The highest BCUT2D eigenvalue weighted by atomic mass is 32.3. The predicted octanol–water partition coefficient (Wildman–Crippen LogP) is -0.720. The predicted molar refractivity (Wildman–Crippen MR) is 40.7 cm³/mol. The monoisotopic (exact) mass is 256 g/mol. The third-order valence-corrected chi connectivity index (χ3v) is 3.89. The molecule has 14 heavy (non-hydrogen) atoms. The number of alkyl halides is 3. The van der Waals surface area contributed by atoms with E-state index in [1.807, 2.05) is 0 Å². The Morgan fingerprint density at radius 1 is 1.14 bits per heavy atom. The highest BCUT2D eigenvalue weighted by Gasteiger charge is 2.48. The molecule has 6 nitrogen and oxygen atoms in total. The molecule has 0 heterocycles. The standard InChI is InChI=1S/C3H7F3N2O4S2/c1-2-7-14(11,12)8-13(9,10)3(4,5)6/h7-8H,2H2,1H3. The Morgan fingerprint density at radius 3 is 1.86 bits per heavy atom. The van der Waals surface area contributed by atoms with Crippen molar-refractivity contribution in [3.8, 4) is 0 Å². The van der Waals surface area contributed by atoms with Crippen LogP contribution in [0.15, 0.2) is 0 Å². The van der Waals surface area contributed by atoms with Crippen LogP contribution < -0.4 is 8.85 Å². The number of rotatable bonds is 4. The van der Waals surface area contributed by atoms with Gasteiger partial charge in [0.2, 0.25) is 0 Å². The molecule has 0 amide bonds. The first-order chi connectivity index (χ1) is 6.02. The van der Waals surface area contributed by atoms with Crippen molar-refractivity contribution in [2.75, 3.05) is 6.54 Å². The smallest absolute Gasteiger partial charge is 0.202 e. The molecule has 86 valence electrons. The lowest BCUT2D eigenvalue weighted by Gasteiger charge is -2.09. The van der Waals surface area contributed by atoms with Gasteiger partial charge in [-0.15, -0.1) is 0 Å². The Morgan fingerprint density at radius 2 is 1.57 bits per heavy atom. The normalized spacial score (nSPS) is 14.3. The van der Waals surface area contributed by atoms with Gasteiger partial charge in [0.15, 0.2) is 0 Å². The van der Waals surface area contributed by atoms with Crippen LogP contribution >= 0.6 is 0 Å². The first-order valence-corrected chi connectivity index (χ1v) is 6.08. The second kappa shape index (κ2) is 4.00. The minimum Gasteiger partial charge on any atom is -0.202 e. The maximum absolute atomic E-state index is 11.7. The summed E-state index contributed by atoms with van der Waals surface area (Å²) < 4.78 is 78.8. The summed E-state index contributed by atoms with van der Waals surface area (Å²) in [5.74, 6) is 0. The maximum atomic E-state index is 11.7. The molecule has 0 aromatic carbocycles. The van der Waals surface area contributed by atoms with Gasteiger partial charge in [-0.3, -0.25) is 0 Å². The van der Waals surface area contributed by atoms with E-state index in [1.165, 1.54) is 11.6 Å². The van der Waals surface area contributed by atoms with E-state index in [2.05, 4.69) is 0 Å². The van der Waals surface area contributed by atoms with Gasteiger partial charge >= 0.3 is 15.5 Å². The van der Waals surface area contributed by atoms with E-state index in [1.54, 1.807) is 0 Å². The molecule has 0 rings (SSSR count). The van der Waals surface area contributed by atoms with Gasteiger partial charge in [0.1, 0.15) is 0 Å². The zero-order chi connectivity index (χ0) is 11.6. The fourth-order valence-corrected chi connectivity index (χ4v) is 2.56. The van der Waals surface area contributed by atoms with Crippen LogP contribution in [0.25, 0.3) is 0 Å². The van der Waals surface area contributed by atoms with Crippen LogP contribution in [0.3, 0.4) is 0 Å². The third kappa shape index (κ3) is 3.77. The van der Waals surface area contributed by atoms with Crippen LogP contribution in [0, 0.1) is 0 Å². The van der Waals surface area contributed by atoms with E-state index >= 15 is 0 Å². The van der Waals surface area contributed by atoms with Crippen molar-refractivity contribution >= 4 is 20.2 Å². The van der Waals surface area contributed by atoms with Crippen LogP contribution in [0.4, 0.5) is 13.2 Å². The van der Waals surface area contributed by atoms with Crippen molar-refractivity contribution in [2.45, 2.75) is 12.4 Å². The molecule has 0 saturated heterocycles. The van der Waals surface area contributed by atoms with Gasteiger partial charge in [0.25, 0.3) is 10.2 Å². The van der Waals surface area contributed by atoms with Crippen LogP contribution in [0.2, 0.25) is 0 Å². The molecular weight excluding hydrogens is 249 g/mol. The van der Waals surface area contributed by atoms with Gasteiger partial charge in [0, 0.05) is 6.54 Å². The van der Waals surface area contributed by atoms with Crippen molar-refractivity contribution in [1.29, 1.82) is 0 Å². The molecule has 11 heteroatoms. The Balaban J connectivity index is 4.89. The summed E-state index contributed by atoms with van der Waals surface area (Å²) in [7, 11) is -10.6. The summed E-state index contributed by atoms with van der Waals surface area (Å²) in [4.78, 5) is 0. The molecule has 0 bridgehead atoms. The molecule has 0 fully saturated rings. The molecular formula is C3H7F3N2O4S2. The number of hydrogen-bond donors (Lipinski definition) is 2. The Labute approximate surface area is 78.7 Å². The van der Waals surface area contributed by atoms with E-state index in [0.29, 0.717) is 4.13 Å². The SMILES string of the molecule is CCNS(=O)(=O)NS(=O)(=O)C(F)(F)F. The first kappa shape index (κ1) is 13.6. The highest BCUT2D eigenvalue weighted by molar-refractivity contribution is 8.04. The molecule has 0 atom stereocenters. The highest BCUT2D eigenvalue weighted by Crippen LogP contribution is 2.21. The second-order valence-electron chi connectivity index (χ2n) is 2.03. The topological polar surface area (TPSA) is 92.3 Å². The van der Waals surface area contributed by atoms with E-state index in [9.17, 15) is 30.0 Å². The maximum Gasteiger partial charge on any atom is 0.512 e. The zero-order valence-corrected chi connectivity index (χ0v) is 8.42. The molecule has 0 aliphatic heterocycles. The number of halogens is 3. The van der Waals surface area contributed by atoms with E-state index < -0.39 is 25.7 Å². The minimum absolute atomic E-state index is 0.233. The quantitative estimate of drug-likeness (QED) is 0.694. The molecule has 0 saturated carbocycles. The Kier molecular flexibility index (Phi) is 3.89. The van der Waals surface area contributed by atoms with Crippen LogP contribution in [0.1, 0.15) is 6.92 Å². The van der Waals surface area contributed by atoms with E-state index in [0.717, 1.165) is 0 Å². The molecule has 0 unspecified atom stereocenters. The van der Waals surface area contributed by atoms with Crippen molar-refractivity contribution in [3.05, 3.63) is 0 Å². The van der Waals surface area contributed by atoms with Crippen LogP contribution in [-0.2, 0) is 20.2 Å². The average Bonchev–Trinajstić information content (AvgIpc) is 1.80. The molecule has 2 N–H and O–H groups in total. The van der Waals surface area contributed by atoms with E-state index in [4.69, 9.17) is 0 Å². The summed E-state index contributed by atoms with van der Waals surface area (Å²) in [5, 5.41) is 0. The van der Waals surface area contributed by atoms with Gasteiger partial charge in [0.05, 0.1) is 0 Å². The largest absolute Gasteiger partial charge is 0.512 e. The summed E-state index contributed by atoms with van der Waals surface area (Å²) in [6.07, 6.45) is 0. The van der Waals surface area contributed by atoms with Crippen LogP contribution in [-0.4, -0.2) is 28.9 Å². The fourth-order valence-electron chi connectivity index (χ4n) is 0.411. The second-order valence-corrected chi connectivity index (χ2v) is 5.47. The molecule has 0 aromatic rings. The molecule has 0 aliphatic rings.